The second-order valence-corrected chi connectivity index (χ2v) is 5.93. The summed E-state index contributed by atoms with van der Waals surface area (Å²) < 4.78 is 0. The molecule has 2 nitrogen and oxygen atoms in total. The third kappa shape index (κ3) is 3.05. The van der Waals surface area contributed by atoms with Crippen molar-refractivity contribution in [2.45, 2.75) is 32.6 Å². The van der Waals surface area contributed by atoms with Crippen molar-refractivity contribution in [1.82, 2.24) is 5.32 Å². The van der Waals surface area contributed by atoms with E-state index in [1.807, 2.05) is 0 Å². The maximum atomic E-state index is 3.39. The molecular formula is C16H26N2. The maximum Gasteiger partial charge on any atom is 0.0366 e. The van der Waals surface area contributed by atoms with Crippen LogP contribution in [0.4, 0.5) is 5.69 Å². The lowest BCUT2D eigenvalue weighted by atomic mass is 9.85. The van der Waals surface area contributed by atoms with Crippen molar-refractivity contribution in [3.8, 4) is 0 Å². The van der Waals surface area contributed by atoms with Gasteiger partial charge in [-0.05, 0) is 44.5 Å². The number of nitrogens with one attached hydrogen (secondary N) is 1. The molecule has 2 rings (SSSR count). The second kappa shape index (κ2) is 5.75. The van der Waals surface area contributed by atoms with Crippen LogP contribution in [0.5, 0.6) is 0 Å². The van der Waals surface area contributed by atoms with Crippen LogP contribution in [-0.4, -0.2) is 27.2 Å². The molecule has 18 heavy (non-hydrogen) atoms. The minimum absolute atomic E-state index is 0.479. The Hall–Kier alpha value is -1.02. The highest BCUT2D eigenvalue weighted by atomic mass is 15.1. The highest BCUT2D eigenvalue weighted by molar-refractivity contribution is 5.47. The molecule has 1 N–H and O–H groups in total. The van der Waals surface area contributed by atoms with Gasteiger partial charge in [-0.1, -0.05) is 25.0 Å². The van der Waals surface area contributed by atoms with E-state index in [2.05, 4.69) is 55.5 Å². The Balaban J connectivity index is 2.07. The van der Waals surface area contributed by atoms with Gasteiger partial charge in [0.25, 0.3) is 0 Å². The van der Waals surface area contributed by atoms with Gasteiger partial charge in [-0.25, -0.2) is 0 Å². The monoisotopic (exact) mass is 246 g/mol. The minimum Gasteiger partial charge on any atom is -0.374 e. The summed E-state index contributed by atoms with van der Waals surface area (Å²) in [6.07, 6.45) is 5.51. The van der Waals surface area contributed by atoms with E-state index in [0.29, 0.717) is 5.41 Å². The molecule has 2 heteroatoms. The molecule has 0 amide bonds. The Kier molecular flexibility index (Phi) is 4.28. The fourth-order valence-electron chi connectivity index (χ4n) is 3.35. The van der Waals surface area contributed by atoms with Gasteiger partial charge in [0.1, 0.15) is 0 Å². The van der Waals surface area contributed by atoms with Crippen molar-refractivity contribution in [1.29, 1.82) is 0 Å². The molecule has 0 heterocycles. The van der Waals surface area contributed by atoms with Crippen molar-refractivity contribution in [2.24, 2.45) is 5.41 Å². The third-order valence-electron chi connectivity index (χ3n) is 4.23. The molecule has 0 saturated heterocycles. The largest absolute Gasteiger partial charge is 0.374 e. The molecular weight excluding hydrogens is 220 g/mol. The van der Waals surface area contributed by atoms with E-state index in [0.717, 1.165) is 13.1 Å². The lowest BCUT2D eigenvalue weighted by Gasteiger charge is -2.34. The predicted octanol–water partition coefficient (Wildman–Crippen LogP) is 3.21. The van der Waals surface area contributed by atoms with E-state index in [4.69, 9.17) is 0 Å². The van der Waals surface area contributed by atoms with Crippen LogP contribution in [0.1, 0.15) is 31.2 Å². The predicted molar refractivity (Wildman–Crippen MR) is 79.3 cm³/mol. The Morgan fingerprint density at radius 3 is 2.61 bits per heavy atom. The molecule has 0 radical (unpaired) electrons. The van der Waals surface area contributed by atoms with Crippen LogP contribution < -0.4 is 10.2 Å². The quantitative estimate of drug-likeness (QED) is 0.858. The van der Waals surface area contributed by atoms with Crippen LogP contribution in [0, 0.1) is 12.3 Å². The normalized spacial score (nSPS) is 17.9. The van der Waals surface area contributed by atoms with Gasteiger partial charge in [0, 0.05) is 31.2 Å². The molecule has 0 aliphatic heterocycles. The summed E-state index contributed by atoms with van der Waals surface area (Å²) in [5.41, 5.74) is 3.17. The Labute approximate surface area is 111 Å². The number of aryl methyl sites for hydroxylation is 1. The second-order valence-electron chi connectivity index (χ2n) is 5.93. The van der Waals surface area contributed by atoms with Gasteiger partial charge in [0.15, 0.2) is 0 Å². The van der Waals surface area contributed by atoms with Crippen molar-refractivity contribution >= 4 is 5.69 Å². The summed E-state index contributed by atoms with van der Waals surface area (Å²) in [6.45, 7) is 4.47. The average molecular weight is 246 g/mol. The zero-order valence-electron chi connectivity index (χ0n) is 12.0. The molecule has 1 aliphatic carbocycles. The Morgan fingerprint density at radius 1 is 1.28 bits per heavy atom. The fourth-order valence-corrected chi connectivity index (χ4v) is 3.35. The first-order valence-corrected chi connectivity index (χ1v) is 7.08. The summed E-state index contributed by atoms with van der Waals surface area (Å²) in [5, 5.41) is 3.39. The molecule has 0 unspecified atom stereocenters. The zero-order valence-corrected chi connectivity index (χ0v) is 12.0. The third-order valence-corrected chi connectivity index (χ3v) is 4.23. The van der Waals surface area contributed by atoms with E-state index in [-0.39, 0.29) is 0 Å². The molecule has 100 valence electrons. The number of benzene rings is 1. The van der Waals surface area contributed by atoms with Crippen LogP contribution in [-0.2, 0) is 0 Å². The van der Waals surface area contributed by atoms with Crippen molar-refractivity contribution in [3.63, 3.8) is 0 Å². The molecule has 1 aromatic rings. The Bertz CT molecular complexity index is 380. The summed E-state index contributed by atoms with van der Waals surface area (Å²) in [4.78, 5) is 2.43. The molecule has 0 aromatic heterocycles. The van der Waals surface area contributed by atoms with Crippen molar-refractivity contribution in [2.75, 3.05) is 32.1 Å². The van der Waals surface area contributed by atoms with Gasteiger partial charge >= 0.3 is 0 Å². The highest BCUT2D eigenvalue weighted by Gasteiger charge is 2.34. The van der Waals surface area contributed by atoms with Crippen LogP contribution in [0.15, 0.2) is 24.3 Å². The van der Waals surface area contributed by atoms with Gasteiger partial charge in [-0.2, -0.15) is 0 Å². The lowest BCUT2D eigenvalue weighted by Crippen LogP contribution is -2.40. The first-order chi connectivity index (χ1) is 8.65. The lowest BCUT2D eigenvalue weighted by molar-refractivity contribution is 0.295. The number of hydrogen-bond donors (Lipinski definition) is 1. The topological polar surface area (TPSA) is 15.3 Å². The van der Waals surface area contributed by atoms with Gasteiger partial charge < -0.3 is 10.2 Å². The number of hydrogen-bond acceptors (Lipinski definition) is 2. The summed E-state index contributed by atoms with van der Waals surface area (Å²) >= 11 is 0. The molecule has 0 atom stereocenters. The summed E-state index contributed by atoms with van der Waals surface area (Å²) in [6, 6.07) is 8.81. The van der Waals surface area contributed by atoms with Crippen LogP contribution >= 0.6 is 0 Å². The van der Waals surface area contributed by atoms with Crippen LogP contribution in [0.2, 0.25) is 0 Å². The minimum atomic E-state index is 0.479. The summed E-state index contributed by atoms with van der Waals surface area (Å²) in [5.74, 6) is 0. The van der Waals surface area contributed by atoms with Crippen molar-refractivity contribution < 1.29 is 0 Å². The van der Waals surface area contributed by atoms with Gasteiger partial charge in [-0.15, -0.1) is 0 Å². The SMILES string of the molecule is CNCC1(CN(C)c2cccc(C)c2)CCCC1. The molecule has 1 fully saturated rings. The van der Waals surface area contributed by atoms with E-state index < -0.39 is 0 Å². The van der Waals surface area contributed by atoms with E-state index in [9.17, 15) is 0 Å². The molecule has 0 spiro atoms. The van der Waals surface area contributed by atoms with E-state index in [1.165, 1.54) is 36.9 Å². The zero-order chi connectivity index (χ0) is 13.0. The smallest absolute Gasteiger partial charge is 0.0366 e. The molecule has 1 saturated carbocycles. The number of rotatable bonds is 5. The van der Waals surface area contributed by atoms with Crippen molar-refractivity contribution in [3.05, 3.63) is 29.8 Å². The van der Waals surface area contributed by atoms with E-state index >= 15 is 0 Å². The first kappa shape index (κ1) is 13.4. The highest BCUT2D eigenvalue weighted by Crippen LogP contribution is 2.38. The van der Waals surface area contributed by atoms with Gasteiger partial charge in [0.05, 0.1) is 0 Å². The fraction of sp³-hybridized carbons (Fsp3) is 0.625. The molecule has 1 aromatic carbocycles. The van der Waals surface area contributed by atoms with Crippen LogP contribution in [0.3, 0.4) is 0 Å². The maximum absolute atomic E-state index is 3.39. The summed E-state index contributed by atoms with van der Waals surface area (Å²) in [7, 11) is 4.30. The average Bonchev–Trinajstić information content (AvgIpc) is 2.78. The molecule has 0 bridgehead atoms. The molecule has 1 aliphatic rings. The van der Waals surface area contributed by atoms with Crippen LogP contribution in [0.25, 0.3) is 0 Å². The standard InChI is InChI=1S/C16H26N2/c1-14-7-6-8-15(11-14)18(3)13-16(12-17-2)9-4-5-10-16/h6-8,11,17H,4-5,9-10,12-13H2,1-3H3. The van der Waals surface area contributed by atoms with E-state index in [1.54, 1.807) is 0 Å². The van der Waals surface area contributed by atoms with Gasteiger partial charge in [0.2, 0.25) is 0 Å². The van der Waals surface area contributed by atoms with Gasteiger partial charge in [-0.3, -0.25) is 0 Å². The first-order valence-electron chi connectivity index (χ1n) is 7.08. The number of nitrogens with zero attached hydrogens (tertiary/aromatic N) is 1. The number of anilines is 1. The Morgan fingerprint density at radius 2 is 2.00 bits per heavy atom.